The molecule has 1 amide bonds. The van der Waals surface area contributed by atoms with Gasteiger partial charge in [-0.05, 0) is 61.8 Å². The highest BCUT2D eigenvalue weighted by molar-refractivity contribution is 7.21. The summed E-state index contributed by atoms with van der Waals surface area (Å²) < 4.78 is 26.5. The predicted molar refractivity (Wildman–Crippen MR) is 163 cm³/mol. The Bertz CT molecular complexity index is 1380. The number of aromatic amines is 1. The fraction of sp³-hybridized carbons (Fsp3) is 0.567. The van der Waals surface area contributed by atoms with E-state index in [1.165, 1.54) is 11.9 Å². The number of alkyl halides is 2. The fourth-order valence-corrected chi connectivity index (χ4v) is 7.75. The number of H-pyrrole nitrogens is 1. The highest BCUT2D eigenvalue weighted by Crippen LogP contribution is 2.41. The molecule has 0 spiro atoms. The fourth-order valence-electron chi connectivity index (χ4n) is 6.45. The molecule has 11 heteroatoms. The van der Waals surface area contributed by atoms with Crippen molar-refractivity contribution in [3.8, 4) is 11.3 Å². The van der Waals surface area contributed by atoms with Crippen LogP contribution in [0.5, 0.6) is 0 Å². The van der Waals surface area contributed by atoms with Gasteiger partial charge in [0.2, 0.25) is 0 Å². The van der Waals surface area contributed by atoms with Gasteiger partial charge in [-0.25, -0.2) is 18.8 Å². The molecule has 222 valence electrons. The van der Waals surface area contributed by atoms with E-state index in [-0.39, 0.29) is 24.4 Å². The first-order valence-electron chi connectivity index (χ1n) is 14.5. The Kier molecular flexibility index (Phi) is 9.06. The van der Waals surface area contributed by atoms with E-state index in [0.29, 0.717) is 24.9 Å². The van der Waals surface area contributed by atoms with Crippen LogP contribution >= 0.6 is 11.3 Å². The monoisotopic (exact) mass is 585 g/mol. The number of piperazine rings is 1. The van der Waals surface area contributed by atoms with Crippen molar-refractivity contribution in [1.29, 1.82) is 0 Å². The number of hydrogen-bond acceptors (Lipinski definition) is 6. The van der Waals surface area contributed by atoms with Gasteiger partial charge in [0, 0.05) is 57.1 Å². The molecule has 3 aromatic heterocycles. The number of thiophene rings is 1. The zero-order valence-electron chi connectivity index (χ0n) is 24.4. The SMILES string of the molecule is Cc1cc(-c2[nH]c3cc(C(=O)N(C)C4CCC(N5CCN(CC(F)F)CC5)CC4)sc3c2C(C)C)cnc1N=CN. The number of aryl methyl sites for hydroxylation is 1. The van der Waals surface area contributed by atoms with Crippen molar-refractivity contribution < 1.29 is 13.6 Å². The highest BCUT2D eigenvalue weighted by Gasteiger charge is 2.32. The van der Waals surface area contributed by atoms with Gasteiger partial charge in [0.1, 0.15) is 0 Å². The van der Waals surface area contributed by atoms with Crippen molar-refractivity contribution in [2.75, 3.05) is 39.8 Å². The zero-order chi connectivity index (χ0) is 29.3. The summed E-state index contributed by atoms with van der Waals surface area (Å²) in [6, 6.07) is 4.75. The van der Waals surface area contributed by atoms with Crippen LogP contribution in [0.15, 0.2) is 23.3 Å². The molecule has 0 aromatic carbocycles. The molecule has 3 aromatic rings. The second kappa shape index (κ2) is 12.5. The number of halogens is 2. The molecule has 41 heavy (non-hydrogen) atoms. The van der Waals surface area contributed by atoms with E-state index in [2.05, 4.69) is 39.8 Å². The summed E-state index contributed by atoms with van der Waals surface area (Å²) in [4.78, 5) is 32.8. The molecule has 0 bridgehead atoms. The van der Waals surface area contributed by atoms with Crippen LogP contribution in [0.3, 0.4) is 0 Å². The van der Waals surface area contributed by atoms with E-state index in [0.717, 1.165) is 70.7 Å². The average Bonchev–Trinajstić information content (AvgIpc) is 3.52. The minimum absolute atomic E-state index is 0.0708. The lowest BCUT2D eigenvalue weighted by atomic mass is 9.89. The van der Waals surface area contributed by atoms with E-state index < -0.39 is 6.43 Å². The van der Waals surface area contributed by atoms with E-state index in [9.17, 15) is 13.6 Å². The number of aliphatic imine (C=N–C) groups is 1. The number of rotatable bonds is 8. The van der Waals surface area contributed by atoms with Gasteiger partial charge in [0.05, 0.1) is 33.7 Å². The van der Waals surface area contributed by atoms with Gasteiger partial charge in [-0.2, -0.15) is 0 Å². The number of carbonyl (C=O) groups excluding carboxylic acids is 1. The number of nitrogens with two attached hydrogens (primary N) is 1. The van der Waals surface area contributed by atoms with E-state index >= 15 is 0 Å². The molecule has 3 N–H and O–H groups in total. The predicted octanol–water partition coefficient (Wildman–Crippen LogP) is 5.61. The molecule has 1 saturated carbocycles. The lowest BCUT2D eigenvalue weighted by Gasteiger charge is -2.43. The first-order valence-corrected chi connectivity index (χ1v) is 15.4. The van der Waals surface area contributed by atoms with E-state index in [1.54, 1.807) is 11.3 Å². The van der Waals surface area contributed by atoms with Crippen LogP contribution < -0.4 is 5.73 Å². The Labute approximate surface area is 244 Å². The summed E-state index contributed by atoms with van der Waals surface area (Å²) in [5.41, 5.74) is 10.6. The van der Waals surface area contributed by atoms with Crippen molar-refractivity contribution >= 4 is 39.6 Å². The smallest absolute Gasteiger partial charge is 0.264 e. The van der Waals surface area contributed by atoms with Gasteiger partial charge in [-0.3, -0.25) is 14.6 Å². The second-order valence-electron chi connectivity index (χ2n) is 11.7. The molecule has 0 atom stereocenters. The molecular weight excluding hydrogens is 544 g/mol. The Morgan fingerprint density at radius 1 is 1.22 bits per heavy atom. The van der Waals surface area contributed by atoms with Gasteiger partial charge in [0.25, 0.3) is 12.3 Å². The van der Waals surface area contributed by atoms with Crippen LogP contribution in [0.4, 0.5) is 14.6 Å². The topological polar surface area (TPSA) is 93.9 Å². The maximum Gasteiger partial charge on any atom is 0.264 e. The van der Waals surface area contributed by atoms with Gasteiger partial charge >= 0.3 is 0 Å². The first kappa shape index (κ1) is 29.6. The molecule has 2 aliphatic rings. The minimum Gasteiger partial charge on any atom is -0.390 e. The van der Waals surface area contributed by atoms with Crippen molar-refractivity contribution in [2.45, 2.75) is 70.9 Å². The average molecular weight is 586 g/mol. The van der Waals surface area contributed by atoms with Crippen LogP contribution in [-0.4, -0.2) is 95.2 Å². The lowest BCUT2D eigenvalue weighted by Crippen LogP contribution is -2.53. The number of hydrogen-bond donors (Lipinski definition) is 2. The molecule has 1 aliphatic heterocycles. The zero-order valence-corrected chi connectivity index (χ0v) is 25.2. The maximum absolute atomic E-state index is 13.6. The summed E-state index contributed by atoms with van der Waals surface area (Å²) in [5.74, 6) is 0.933. The Morgan fingerprint density at radius 3 is 2.54 bits per heavy atom. The lowest BCUT2D eigenvalue weighted by molar-refractivity contribution is 0.0290. The van der Waals surface area contributed by atoms with Crippen LogP contribution in [-0.2, 0) is 0 Å². The van der Waals surface area contributed by atoms with E-state index in [4.69, 9.17) is 5.73 Å². The first-order chi connectivity index (χ1) is 19.7. The summed E-state index contributed by atoms with van der Waals surface area (Å²) in [5, 5.41) is 0. The molecule has 4 heterocycles. The van der Waals surface area contributed by atoms with Gasteiger partial charge in [0.15, 0.2) is 5.82 Å². The maximum atomic E-state index is 13.6. The molecule has 1 saturated heterocycles. The third-order valence-electron chi connectivity index (χ3n) is 8.68. The summed E-state index contributed by atoms with van der Waals surface area (Å²) in [7, 11) is 1.93. The third kappa shape index (κ3) is 6.32. The van der Waals surface area contributed by atoms with Crippen LogP contribution in [0, 0.1) is 6.92 Å². The molecule has 2 fully saturated rings. The van der Waals surface area contributed by atoms with Gasteiger partial charge in [-0.1, -0.05) is 13.8 Å². The van der Waals surface area contributed by atoms with Gasteiger partial charge < -0.3 is 15.6 Å². The third-order valence-corrected chi connectivity index (χ3v) is 9.84. The molecule has 5 rings (SSSR count). The normalized spacial score (nSPS) is 21.1. The summed E-state index contributed by atoms with van der Waals surface area (Å²) in [6.45, 7) is 9.29. The molecule has 0 unspecified atom stereocenters. The van der Waals surface area contributed by atoms with Crippen molar-refractivity contribution in [3.63, 3.8) is 0 Å². The van der Waals surface area contributed by atoms with E-state index in [1.807, 2.05) is 36.0 Å². The number of nitrogens with zero attached hydrogens (tertiary/aromatic N) is 5. The largest absolute Gasteiger partial charge is 0.390 e. The number of aromatic nitrogens is 2. The number of carbonyl (C=O) groups is 1. The van der Waals surface area contributed by atoms with Crippen LogP contribution in [0.1, 0.15) is 66.2 Å². The summed E-state index contributed by atoms with van der Waals surface area (Å²) in [6.07, 6.45) is 4.80. The van der Waals surface area contributed by atoms with Crippen molar-refractivity contribution in [2.24, 2.45) is 10.7 Å². The highest BCUT2D eigenvalue weighted by atomic mass is 32.1. The molecule has 0 radical (unpaired) electrons. The Balaban J connectivity index is 1.25. The van der Waals surface area contributed by atoms with Crippen LogP contribution in [0.2, 0.25) is 0 Å². The number of pyridine rings is 1. The van der Waals surface area contributed by atoms with Crippen molar-refractivity contribution in [1.82, 2.24) is 24.7 Å². The van der Waals surface area contributed by atoms with Crippen LogP contribution in [0.25, 0.3) is 21.5 Å². The second-order valence-corrected chi connectivity index (χ2v) is 12.7. The molecule has 8 nitrogen and oxygen atoms in total. The number of nitrogens with one attached hydrogen (secondary N) is 1. The minimum atomic E-state index is -2.27. The quantitative estimate of drug-likeness (QED) is 0.265. The molecular formula is C30H41F2N7OS. The van der Waals surface area contributed by atoms with Gasteiger partial charge in [-0.15, -0.1) is 11.3 Å². The number of fused-ring (bicyclic) bond motifs is 1. The number of amides is 1. The Hall–Kier alpha value is -2.89. The Morgan fingerprint density at radius 2 is 1.93 bits per heavy atom. The van der Waals surface area contributed by atoms with Crippen molar-refractivity contribution in [3.05, 3.63) is 34.3 Å². The molecule has 1 aliphatic carbocycles. The standard InChI is InChI=1S/C30H41F2N7OS/c1-18(2)26-27(20-13-19(3)29(34-15-20)35-17-33)36-23-14-24(41-28(23)26)30(40)37(4)21-5-7-22(8-6-21)39-11-9-38(10-12-39)16-25(31)32/h13-15,17-18,21-22,25,36H,5-12,16H2,1-4H3,(H2,33,34,35). The summed E-state index contributed by atoms with van der Waals surface area (Å²) >= 11 is 1.56.